The topological polar surface area (TPSA) is 0 Å². The summed E-state index contributed by atoms with van der Waals surface area (Å²) < 4.78 is 0. The van der Waals surface area contributed by atoms with Crippen molar-refractivity contribution in [1.82, 2.24) is 0 Å². The van der Waals surface area contributed by atoms with Gasteiger partial charge in [-0.25, -0.2) is 0 Å². The molecule has 3 rings (SSSR count). The number of aryl methyl sites for hydroxylation is 1. The first-order valence-electron chi connectivity index (χ1n) is 7.01. The van der Waals surface area contributed by atoms with E-state index in [0.29, 0.717) is 0 Å². The van der Waals surface area contributed by atoms with Crippen LogP contribution < -0.4 is 0 Å². The van der Waals surface area contributed by atoms with Crippen molar-refractivity contribution in [3.8, 4) is 12.3 Å². The molecule has 1 aromatic rings. The zero-order valence-electron chi connectivity index (χ0n) is 11.0. The highest BCUT2D eigenvalue weighted by molar-refractivity contribution is 5.61. The van der Waals surface area contributed by atoms with Gasteiger partial charge in [-0.05, 0) is 72.8 Å². The zero-order valence-corrected chi connectivity index (χ0v) is 11.0. The molecule has 0 N–H and O–H groups in total. The molecule has 0 aliphatic heterocycles. The summed E-state index contributed by atoms with van der Waals surface area (Å²) in [5, 5.41) is 0. The third kappa shape index (κ3) is 1.89. The molecule has 3 unspecified atom stereocenters. The summed E-state index contributed by atoms with van der Waals surface area (Å²) in [4.78, 5) is 0. The lowest BCUT2D eigenvalue weighted by Crippen LogP contribution is -2.10. The van der Waals surface area contributed by atoms with Gasteiger partial charge in [-0.2, -0.15) is 0 Å². The minimum absolute atomic E-state index is 0.779. The molecular weight excluding hydrogens is 216 g/mol. The molecule has 2 fully saturated rings. The SMILES string of the molecule is C#C/C=C\c1c(C)cccc1C1CC2CCC1C2. The number of rotatable bonds is 2. The number of fused-ring (bicyclic) bond motifs is 2. The highest BCUT2D eigenvalue weighted by atomic mass is 14.4. The van der Waals surface area contributed by atoms with Crippen molar-refractivity contribution < 1.29 is 0 Å². The van der Waals surface area contributed by atoms with Crippen molar-refractivity contribution >= 4 is 6.08 Å². The summed E-state index contributed by atoms with van der Waals surface area (Å²) in [5.41, 5.74) is 4.25. The van der Waals surface area contributed by atoms with Gasteiger partial charge in [-0.3, -0.25) is 0 Å². The molecule has 1 aromatic carbocycles. The van der Waals surface area contributed by atoms with E-state index in [1.54, 1.807) is 0 Å². The molecule has 3 atom stereocenters. The molecule has 0 amide bonds. The van der Waals surface area contributed by atoms with Crippen molar-refractivity contribution in [2.24, 2.45) is 11.8 Å². The maximum Gasteiger partial charge on any atom is -0.0115 e. The average molecular weight is 236 g/mol. The Morgan fingerprint density at radius 1 is 1.28 bits per heavy atom. The number of allylic oxidation sites excluding steroid dienone is 1. The van der Waals surface area contributed by atoms with Crippen LogP contribution in [-0.4, -0.2) is 0 Å². The van der Waals surface area contributed by atoms with Crippen molar-refractivity contribution in [3.05, 3.63) is 41.0 Å². The fourth-order valence-corrected chi connectivity index (χ4v) is 4.01. The van der Waals surface area contributed by atoms with Gasteiger partial charge in [0.15, 0.2) is 0 Å². The van der Waals surface area contributed by atoms with Crippen LogP contribution in [0.1, 0.15) is 48.3 Å². The summed E-state index contributed by atoms with van der Waals surface area (Å²) in [6.45, 7) is 2.19. The van der Waals surface area contributed by atoms with E-state index in [0.717, 1.165) is 17.8 Å². The fraction of sp³-hybridized carbons (Fsp3) is 0.444. The Hall–Kier alpha value is -1.48. The summed E-state index contributed by atoms with van der Waals surface area (Å²) in [6.07, 6.45) is 15.0. The van der Waals surface area contributed by atoms with E-state index in [-0.39, 0.29) is 0 Å². The van der Waals surface area contributed by atoms with Gasteiger partial charge in [0.25, 0.3) is 0 Å². The molecule has 0 saturated heterocycles. The molecule has 2 aliphatic carbocycles. The predicted octanol–water partition coefficient (Wildman–Crippen LogP) is 4.55. The first-order valence-corrected chi connectivity index (χ1v) is 7.01. The lowest BCUT2D eigenvalue weighted by Gasteiger charge is -2.24. The second kappa shape index (κ2) is 4.65. The Bertz CT molecular complexity index is 515. The Kier molecular flexibility index (Phi) is 3.00. The number of hydrogen-bond donors (Lipinski definition) is 0. The normalized spacial score (nSPS) is 29.9. The van der Waals surface area contributed by atoms with Crippen LogP contribution in [0.25, 0.3) is 6.08 Å². The van der Waals surface area contributed by atoms with Crippen LogP contribution in [0.15, 0.2) is 24.3 Å². The van der Waals surface area contributed by atoms with E-state index in [1.807, 2.05) is 6.08 Å². The van der Waals surface area contributed by atoms with Crippen molar-refractivity contribution in [1.29, 1.82) is 0 Å². The summed E-state index contributed by atoms with van der Waals surface area (Å²) in [5.74, 6) is 5.31. The molecular formula is C18H20. The highest BCUT2D eigenvalue weighted by Crippen LogP contribution is 2.53. The first kappa shape index (κ1) is 11.6. The minimum atomic E-state index is 0.779. The Morgan fingerprint density at radius 3 is 2.83 bits per heavy atom. The molecule has 0 radical (unpaired) electrons. The van der Waals surface area contributed by atoms with Gasteiger partial charge in [0.1, 0.15) is 0 Å². The summed E-state index contributed by atoms with van der Waals surface area (Å²) in [7, 11) is 0. The standard InChI is InChI=1S/C18H20/c1-3-4-7-16-13(2)6-5-8-17(16)18-12-14-9-10-15(18)11-14/h1,4-8,14-15,18H,9-12H2,2H3/b7-4-. The largest absolute Gasteiger partial charge is 0.115 e. The quantitative estimate of drug-likeness (QED) is 0.661. The number of terminal acetylenes is 1. The van der Waals surface area contributed by atoms with Gasteiger partial charge in [0.2, 0.25) is 0 Å². The molecule has 2 bridgehead atoms. The van der Waals surface area contributed by atoms with E-state index in [2.05, 4.69) is 37.1 Å². The zero-order chi connectivity index (χ0) is 12.5. The second-order valence-electron chi connectivity index (χ2n) is 5.86. The third-order valence-electron chi connectivity index (χ3n) is 4.84. The summed E-state index contributed by atoms with van der Waals surface area (Å²) >= 11 is 0. The van der Waals surface area contributed by atoms with Gasteiger partial charge in [0.05, 0.1) is 0 Å². The van der Waals surface area contributed by atoms with Gasteiger partial charge in [0, 0.05) is 0 Å². The van der Waals surface area contributed by atoms with Crippen LogP contribution in [0, 0.1) is 31.1 Å². The molecule has 0 heterocycles. The Morgan fingerprint density at radius 2 is 2.17 bits per heavy atom. The fourth-order valence-electron chi connectivity index (χ4n) is 4.01. The molecule has 2 saturated carbocycles. The van der Waals surface area contributed by atoms with Crippen molar-refractivity contribution in [2.45, 2.75) is 38.5 Å². The van der Waals surface area contributed by atoms with Crippen molar-refractivity contribution in [3.63, 3.8) is 0 Å². The number of benzene rings is 1. The second-order valence-corrected chi connectivity index (χ2v) is 5.86. The van der Waals surface area contributed by atoms with Crippen molar-refractivity contribution in [2.75, 3.05) is 0 Å². The number of hydrogen-bond acceptors (Lipinski definition) is 0. The van der Waals surface area contributed by atoms with Gasteiger partial charge in [-0.1, -0.05) is 30.5 Å². The maximum absolute atomic E-state index is 5.35. The van der Waals surface area contributed by atoms with E-state index >= 15 is 0 Å². The van der Waals surface area contributed by atoms with Crippen LogP contribution in [0.5, 0.6) is 0 Å². The monoisotopic (exact) mass is 236 g/mol. The van der Waals surface area contributed by atoms with Crippen LogP contribution in [0.3, 0.4) is 0 Å². The Balaban J connectivity index is 1.99. The molecule has 92 valence electrons. The maximum atomic E-state index is 5.35. The van der Waals surface area contributed by atoms with Gasteiger partial charge < -0.3 is 0 Å². The highest BCUT2D eigenvalue weighted by Gasteiger charge is 2.40. The molecule has 0 spiro atoms. The minimum Gasteiger partial charge on any atom is -0.115 e. The van der Waals surface area contributed by atoms with Crippen LogP contribution in [-0.2, 0) is 0 Å². The lowest BCUT2D eigenvalue weighted by molar-refractivity contribution is 0.419. The first-order chi connectivity index (χ1) is 8.79. The molecule has 0 aromatic heterocycles. The van der Waals surface area contributed by atoms with E-state index < -0.39 is 0 Å². The van der Waals surface area contributed by atoms with Crippen LogP contribution >= 0.6 is 0 Å². The van der Waals surface area contributed by atoms with E-state index in [4.69, 9.17) is 6.42 Å². The van der Waals surface area contributed by atoms with Crippen LogP contribution in [0.4, 0.5) is 0 Å². The molecule has 0 nitrogen and oxygen atoms in total. The predicted molar refractivity (Wildman–Crippen MR) is 77.2 cm³/mol. The summed E-state index contributed by atoms with van der Waals surface area (Å²) in [6, 6.07) is 6.70. The molecule has 2 aliphatic rings. The lowest BCUT2D eigenvalue weighted by atomic mass is 9.80. The van der Waals surface area contributed by atoms with E-state index in [9.17, 15) is 0 Å². The van der Waals surface area contributed by atoms with Gasteiger partial charge >= 0.3 is 0 Å². The molecule has 0 heteroatoms. The Labute approximate surface area is 110 Å². The van der Waals surface area contributed by atoms with E-state index in [1.165, 1.54) is 42.4 Å². The van der Waals surface area contributed by atoms with Crippen LogP contribution in [0.2, 0.25) is 0 Å². The average Bonchev–Trinajstić information content (AvgIpc) is 2.99. The smallest absolute Gasteiger partial charge is 0.0115 e. The van der Waals surface area contributed by atoms with Gasteiger partial charge in [-0.15, -0.1) is 6.42 Å². The molecule has 18 heavy (non-hydrogen) atoms. The third-order valence-corrected chi connectivity index (χ3v) is 4.84.